The molecule has 12 radical (unpaired) electrons. The standard InChI is InChI=1S/3C12H27Si.C6H10Ge2.BrGe/c3*1-10(2,3)13(11(4,5)6)12(7,8)9;1-5(3-7)6(2)4-8;1-2/h3*1-9H3;3-4H2,1-2H3;/b;;;6-5-;. The van der Waals surface area contributed by atoms with Gasteiger partial charge in [-0.25, -0.2) is 0 Å². The molecule has 0 aliphatic rings. The molecular formula is C42H91BrGe3Si3. The molecule has 290 valence electrons. The predicted molar refractivity (Wildman–Crippen MR) is 249 cm³/mol. The minimum absolute atomic E-state index is 0.391. The van der Waals surface area contributed by atoms with Gasteiger partial charge in [0.2, 0.25) is 0 Å². The molecule has 0 atom stereocenters. The van der Waals surface area contributed by atoms with Crippen molar-refractivity contribution in [3.8, 4) is 0 Å². The Bertz CT molecular complexity index is 684. The number of halogens is 1. The second kappa shape index (κ2) is 22.9. The molecule has 0 N–H and O–H groups in total. The third-order valence-electron chi connectivity index (χ3n) is 8.01. The summed E-state index contributed by atoms with van der Waals surface area (Å²) in [6.45, 7) is 69.2. The van der Waals surface area contributed by atoms with Gasteiger partial charge in [-0.05, 0) is 45.3 Å². The molecule has 0 aromatic carbocycles. The molecule has 0 saturated heterocycles. The zero-order chi connectivity index (χ0) is 41.8. The summed E-state index contributed by atoms with van der Waals surface area (Å²) in [4.78, 5) is 0. The fraction of sp³-hybridized carbons (Fsp3) is 0.952. The van der Waals surface area contributed by atoms with Crippen LogP contribution in [0.15, 0.2) is 11.1 Å². The number of rotatable bonds is 2. The van der Waals surface area contributed by atoms with E-state index in [1.54, 1.807) is 11.1 Å². The third kappa shape index (κ3) is 28.6. The van der Waals surface area contributed by atoms with Crippen LogP contribution in [0.1, 0.15) is 201 Å². The quantitative estimate of drug-likeness (QED) is 0.191. The van der Waals surface area contributed by atoms with Crippen molar-refractivity contribution in [1.29, 1.82) is 0 Å². The van der Waals surface area contributed by atoms with E-state index in [9.17, 15) is 0 Å². The van der Waals surface area contributed by atoms with E-state index in [1.807, 2.05) is 14.7 Å². The molecule has 0 aliphatic carbocycles. The van der Waals surface area contributed by atoms with Crippen molar-refractivity contribution in [1.82, 2.24) is 0 Å². The van der Waals surface area contributed by atoms with Gasteiger partial charge in [-0.15, -0.1) is 0 Å². The molecule has 0 heterocycles. The van der Waals surface area contributed by atoms with Crippen molar-refractivity contribution < 1.29 is 0 Å². The van der Waals surface area contributed by atoms with E-state index < -0.39 is 26.4 Å². The number of allylic oxidation sites excluding steroid dienone is 2. The van der Waals surface area contributed by atoms with E-state index in [4.69, 9.17) is 0 Å². The first-order chi connectivity index (χ1) is 20.8. The predicted octanol–water partition coefficient (Wildman–Crippen LogP) is 16.6. The molecule has 0 aliphatic heterocycles. The Morgan fingerprint density at radius 3 is 0.408 bits per heavy atom. The Hall–Kier alpha value is 2.50. The van der Waals surface area contributed by atoms with Crippen molar-refractivity contribution in [2.45, 2.75) is 257 Å². The fourth-order valence-electron chi connectivity index (χ4n) is 10.4. The van der Waals surface area contributed by atoms with Crippen molar-refractivity contribution in [2.24, 2.45) is 0 Å². The molecule has 0 nitrogen and oxygen atoms in total. The second-order valence-electron chi connectivity index (χ2n) is 23.3. The summed E-state index contributed by atoms with van der Waals surface area (Å²) >= 11 is 9.16. The number of hydrogen-bond donors (Lipinski definition) is 0. The van der Waals surface area contributed by atoms with Gasteiger partial charge < -0.3 is 0 Å². The van der Waals surface area contributed by atoms with E-state index in [0.29, 0.717) is 45.3 Å². The summed E-state index contributed by atoms with van der Waals surface area (Å²) in [7, 11) is -1.17. The zero-order valence-corrected chi connectivity index (χ0v) is 50.2. The summed E-state index contributed by atoms with van der Waals surface area (Å²) in [6, 6.07) is 0. The van der Waals surface area contributed by atoms with Crippen LogP contribution in [0.3, 0.4) is 0 Å². The van der Waals surface area contributed by atoms with Crippen LogP contribution in [0.25, 0.3) is 0 Å². The van der Waals surface area contributed by atoms with Crippen molar-refractivity contribution in [3.63, 3.8) is 0 Å². The Morgan fingerprint density at radius 2 is 0.388 bits per heavy atom. The summed E-state index contributed by atoms with van der Waals surface area (Å²) in [6.07, 6.45) is 0. The topological polar surface area (TPSA) is 0 Å². The molecule has 0 saturated carbocycles. The van der Waals surface area contributed by atoms with E-state index in [2.05, 4.69) is 248 Å². The molecule has 0 unspecified atom stereocenters. The maximum absolute atomic E-state index is 2.94. The molecule has 49 heavy (non-hydrogen) atoms. The van der Waals surface area contributed by atoms with Crippen LogP contribution in [0.2, 0.25) is 55.9 Å². The van der Waals surface area contributed by atoms with Gasteiger partial charge in [0.1, 0.15) is 0 Å². The minimum atomic E-state index is -0.391. The van der Waals surface area contributed by atoms with Crippen LogP contribution in [0.4, 0.5) is 0 Å². The molecule has 0 aromatic rings. The normalized spacial score (nSPS) is 14.4. The number of hydrogen-bond acceptors (Lipinski definition) is 0. The molecule has 0 fully saturated rings. The van der Waals surface area contributed by atoms with Crippen molar-refractivity contribution in [2.75, 3.05) is 0 Å². The Kier molecular flexibility index (Phi) is 28.4. The Balaban J connectivity index is -0.000000175. The van der Waals surface area contributed by atoms with Gasteiger partial charge in [-0.2, -0.15) is 0 Å². The zero-order valence-electron chi connectivity index (χ0n) is 39.3. The van der Waals surface area contributed by atoms with Gasteiger partial charge in [-0.3, -0.25) is 0 Å². The van der Waals surface area contributed by atoms with Crippen LogP contribution in [0.5, 0.6) is 0 Å². The van der Waals surface area contributed by atoms with E-state index in [0.717, 1.165) is 0 Å². The Morgan fingerprint density at radius 1 is 0.306 bits per heavy atom. The van der Waals surface area contributed by atoms with Gasteiger partial charge in [0.25, 0.3) is 0 Å². The van der Waals surface area contributed by atoms with Crippen LogP contribution in [-0.2, 0) is 0 Å². The molecule has 0 amide bonds. The van der Waals surface area contributed by atoms with Gasteiger partial charge in [-0.1, -0.05) is 187 Å². The van der Waals surface area contributed by atoms with Crippen LogP contribution in [-0.4, -0.2) is 74.1 Å². The SMILES string of the molecule is C/C([CH2][Ge])=C(\C)[CH2][Ge].CC(C)(C)[Si](C(C)(C)C)C(C)(C)C.CC(C)(C)[Si](C(C)(C)C)C(C)(C)C.CC(C)(C)[Si](C(C)(C)C)C(C)(C)C.[Ge][Br]. The molecule has 0 aromatic heterocycles. The van der Waals surface area contributed by atoms with E-state index in [1.165, 1.54) is 10.5 Å². The third-order valence-corrected chi connectivity index (χ3v) is 23.7. The van der Waals surface area contributed by atoms with Crippen LogP contribution < -0.4 is 0 Å². The first-order valence-corrected chi connectivity index (χ1v) is 31.0. The first-order valence-electron chi connectivity index (χ1n) is 18.6. The van der Waals surface area contributed by atoms with Crippen molar-refractivity contribution >= 4 is 88.1 Å². The molecule has 0 bridgehead atoms. The average Bonchev–Trinajstić information content (AvgIpc) is 2.70. The van der Waals surface area contributed by atoms with E-state index in [-0.39, 0.29) is 0 Å². The first kappa shape index (κ1) is 60.7. The summed E-state index contributed by atoms with van der Waals surface area (Å²) in [5, 5.41) is 6.80. The van der Waals surface area contributed by atoms with Crippen LogP contribution >= 0.6 is 14.0 Å². The van der Waals surface area contributed by atoms with Gasteiger partial charge in [0, 0.05) is 0 Å². The summed E-state index contributed by atoms with van der Waals surface area (Å²) in [5.41, 5.74) is 3.10. The maximum atomic E-state index is 2.94. The molecular weight excluding hydrogens is 886 g/mol. The average molecular weight is 978 g/mol. The van der Waals surface area contributed by atoms with E-state index >= 15 is 0 Å². The van der Waals surface area contributed by atoms with Gasteiger partial charge in [0.15, 0.2) is 0 Å². The summed E-state index contributed by atoms with van der Waals surface area (Å²) < 4.78 is 0. The van der Waals surface area contributed by atoms with Crippen molar-refractivity contribution in [3.05, 3.63) is 11.1 Å². The monoisotopic (exact) mass is 980 g/mol. The Labute approximate surface area is 352 Å². The molecule has 0 rings (SSSR count). The molecule has 0 spiro atoms. The molecule has 7 heteroatoms. The summed E-state index contributed by atoms with van der Waals surface area (Å²) in [5.74, 6) is 0. The fourth-order valence-corrected chi connectivity index (χ4v) is 31.9. The van der Waals surface area contributed by atoms with Crippen LogP contribution in [0, 0.1) is 0 Å². The second-order valence-corrected chi connectivity index (χ2v) is 40.5. The van der Waals surface area contributed by atoms with Gasteiger partial charge in [0.05, 0.1) is 26.4 Å². The van der Waals surface area contributed by atoms with Gasteiger partial charge >= 0.3 is 97.2 Å².